The largest absolute Gasteiger partial charge is 0.486 e. The van der Waals surface area contributed by atoms with E-state index in [2.05, 4.69) is 20.1 Å². The highest BCUT2D eigenvalue weighted by Gasteiger charge is 2.24. The number of aromatic nitrogens is 3. The van der Waals surface area contributed by atoms with Crippen molar-refractivity contribution in [3.8, 4) is 5.75 Å². The zero-order valence-corrected chi connectivity index (χ0v) is 22.6. The number of nitrogens with one attached hydrogen (secondary N) is 1. The summed E-state index contributed by atoms with van der Waals surface area (Å²) in [5, 5.41) is 13.8. The van der Waals surface area contributed by atoms with Gasteiger partial charge in [0.2, 0.25) is 5.91 Å². The third kappa shape index (κ3) is 6.51. The van der Waals surface area contributed by atoms with Crippen molar-refractivity contribution in [1.29, 1.82) is 0 Å². The maximum Gasteiger partial charge on any atom is 0.234 e. The Morgan fingerprint density at radius 3 is 2.54 bits per heavy atom. The first-order chi connectivity index (χ1) is 16.8. The van der Waals surface area contributed by atoms with Gasteiger partial charge < -0.3 is 10.1 Å². The molecule has 1 aliphatic rings. The number of halogens is 2. The molecule has 0 aliphatic heterocycles. The van der Waals surface area contributed by atoms with Crippen molar-refractivity contribution in [2.75, 3.05) is 11.1 Å². The predicted molar refractivity (Wildman–Crippen MR) is 143 cm³/mol. The minimum atomic E-state index is -0.128. The van der Waals surface area contributed by atoms with Crippen molar-refractivity contribution in [3.63, 3.8) is 0 Å². The van der Waals surface area contributed by atoms with E-state index in [1.807, 2.05) is 51.1 Å². The van der Waals surface area contributed by atoms with Crippen molar-refractivity contribution in [2.24, 2.45) is 0 Å². The first-order valence-electron chi connectivity index (χ1n) is 11.8. The Kier molecular flexibility index (Phi) is 8.63. The van der Waals surface area contributed by atoms with Crippen LogP contribution in [0.1, 0.15) is 60.7 Å². The second kappa shape index (κ2) is 11.7. The smallest absolute Gasteiger partial charge is 0.234 e. The fourth-order valence-corrected chi connectivity index (χ4v) is 5.76. The molecule has 0 atom stereocenters. The molecule has 3 aromatic rings. The molecule has 186 valence electrons. The van der Waals surface area contributed by atoms with Crippen LogP contribution in [0.3, 0.4) is 0 Å². The number of ether oxygens (including phenoxy) is 1. The van der Waals surface area contributed by atoms with E-state index in [1.54, 1.807) is 0 Å². The number of amides is 1. The summed E-state index contributed by atoms with van der Waals surface area (Å²) in [6.07, 6.45) is 5.74. The fourth-order valence-electron chi connectivity index (χ4n) is 4.44. The fraction of sp³-hybridized carbons (Fsp3) is 0.423. The molecule has 2 aromatic carbocycles. The number of hydrogen-bond donors (Lipinski definition) is 1. The van der Waals surface area contributed by atoms with Gasteiger partial charge >= 0.3 is 0 Å². The van der Waals surface area contributed by atoms with Crippen molar-refractivity contribution in [1.82, 2.24) is 14.8 Å². The highest BCUT2D eigenvalue weighted by molar-refractivity contribution is 7.99. The van der Waals surface area contributed by atoms with Crippen LogP contribution in [0, 0.1) is 20.8 Å². The van der Waals surface area contributed by atoms with Gasteiger partial charge in [-0.15, -0.1) is 10.2 Å². The molecule has 0 unspecified atom stereocenters. The molecule has 4 rings (SSSR count). The molecule has 9 heteroatoms. The van der Waals surface area contributed by atoms with Gasteiger partial charge in [0.15, 0.2) is 11.0 Å². The third-order valence-corrected chi connectivity index (χ3v) is 7.87. The van der Waals surface area contributed by atoms with E-state index >= 15 is 0 Å². The van der Waals surface area contributed by atoms with E-state index in [4.69, 9.17) is 27.9 Å². The lowest BCUT2D eigenvalue weighted by Crippen LogP contribution is -2.19. The summed E-state index contributed by atoms with van der Waals surface area (Å²) in [7, 11) is 0. The first-order valence-corrected chi connectivity index (χ1v) is 13.6. The lowest BCUT2D eigenvalue weighted by molar-refractivity contribution is -0.113. The molecule has 1 saturated carbocycles. The van der Waals surface area contributed by atoms with Crippen molar-refractivity contribution < 1.29 is 9.53 Å². The number of aryl methyl sites for hydroxylation is 3. The summed E-state index contributed by atoms with van der Waals surface area (Å²) >= 11 is 13.9. The van der Waals surface area contributed by atoms with Gasteiger partial charge in [-0.2, -0.15) is 0 Å². The summed E-state index contributed by atoms with van der Waals surface area (Å²) in [6, 6.07) is 9.77. The van der Waals surface area contributed by atoms with Crippen LogP contribution in [0.4, 0.5) is 5.69 Å². The molecule has 1 aliphatic carbocycles. The van der Waals surface area contributed by atoms with Crippen molar-refractivity contribution >= 4 is 46.6 Å². The highest BCUT2D eigenvalue weighted by Crippen LogP contribution is 2.33. The van der Waals surface area contributed by atoms with Crippen LogP contribution in [-0.2, 0) is 11.4 Å². The number of nitrogens with zero attached hydrogens (tertiary/aromatic N) is 3. The molecule has 1 amide bonds. The molecular formula is C26H30Cl2N4O2S. The Bertz CT molecular complexity index is 1190. The molecule has 1 aromatic heterocycles. The van der Waals surface area contributed by atoms with Crippen LogP contribution < -0.4 is 10.1 Å². The Morgan fingerprint density at radius 2 is 1.83 bits per heavy atom. The second-order valence-electron chi connectivity index (χ2n) is 9.04. The van der Waals surface area contributed by atoms with Gasteiger partial charge in [0, 0.05) is 11.1 Å². The molecular weight excluding hydrogens is 503 g/mol. The van der Waals surface area contributed by atoms with Crippen LogP contribution in [0.15, 0.2) is 35.5 Å². The van der Waals surface area contributed by atoms with Gasteiger partial charge in [-0.1, -0.05) is 60.3 Å². The van der Waals surface area contributed by atoms with E-state index in [-0.39, 0.29) is 11.7 Å². The highest BCUT2D eigenvalue weighted by atomic mass is 35.5. The van der Waals surface area contributed by atoms with E-state index in [9.17, 15) is 4.79 Å². The topological polar surface area (TPSA) is 69.0 Å². The van der Waals surface area contributed by atoms with Gasteiger partial charge in [0.1, 0.15) is 12.4 Å². The zero-order chi connectivity index (χ0) is 24.9. The van der Waals surface area contributed by atoms with Gasteiger partial charge in [-0.05, 0) is 74.6 Å². The summed E-state index contributed by atoms with van der Waals surface area (Å²) in [6.45, 7) is 6.17. The number of thioether (sulfide) groups is 1. The summed E-state index contributed by atoms with van der Waals surface area (Å²) in [5.41, 5.74) is 3.62. The van der Waals surface area contributed by atoms with Crippen molar-refractivity contribution in [2.45, 2.75) is 70.7 Å². The van der Waals surface area contributed by atoms with Gasteiger partial charge in [-0.25, -0.2) is 0 Å². The third-order valence-electron chi connectivity index (χ3n) is 6.20. The Labute approximate surface area is 220 Å². The Hall–Kier alpha value is -2.22. The minimum absolute atomic E-state index is 0.128. The maximum absolute atomic E-state index is 12.8. The second-order valence-corrected chi connectivity index (χ2v) is 10.8. The zero-order valence-electron chi connectivity index (χ0n) is 20.2. The molecule has 1 heterocycles. The SMILES string of the molecule is Cc1cc(C)c(NC(=O)CSc2nnc(COc3ccc(Cl)c(C)c3)n2C2CCCCC2)c(Cl)c1. The van der Waals surface area contributed by atoms with Crippen LogP contribution in [0.25, 0.3) is 0 Å². The quantitative estimate of drug-likeness (QED) is 0.307. The minimum Gasteiger partial charge on any atom is -0.486 e. The molecule has 0 saturated heterocycles. The van der Waals surface area contributed by atoms with Gasteiger partial charge in [-0.3, -0.25) is 9.36 Å². The van der Waals surface area contributed by atoms with E-state index in [0.29, 0.717) is 28.4 Å². The normalized spacial score (nSPS) is 14.2. The summed E-state index contributed by atoms with van der Waals surface area (Å²) < 4.78 is 8.20. The van der Waals surface area contributed by atoms with Crippen LogP contribution in [-0.4, -0.2) is 26.4 Å². The molecule has 0 spiro atoms. The molecule has 35 heavy (non-hydrogen) atoms. The standard InChI is InChI=1S/C26H30Cl2N4O2S/c1-16-11-18(3)25(22(28)12-16)29-24(33)15-35-26-31-30-23(32(26)19-7-5-4-6-8-19)14-34-20-9-10-21(27)17(2)13-20/h9-13,19H,4-8,14-15H2,1-3H3,(H,29,33). The summed E-state index contributed by atoms with van der Waals surface area (Å²) in [4.78, 5) is 12.8. The van der Waals surface area contributed by atoms with Gasteiger partial charge in [0.25, 0.3) is 0 Å². The Morgan fingerprint density at radius 1 is 1.06 bits per heavy atom. The predicted octanol–water partition coefficient (Wildman–Crippen LogP) is 7.33. The monoisotopic (exact) mass is 532 g/mol. The molecule has 1 fully saturated rings. The van der Waals surface area contributed by atoms with E-state index in [0.717, 1.165) is 46.3 Å². The maximum atomic E-state index is 12.8. The first kappa shape index (κ1) is 25.9. The average Bonchev–Trinajstić information content (AvgIpc) is 3.24. The lowest BCUT2D eigenvalue weighted by atomic mass is 9.95. The molecule has 6 nitrogen and oxygen atoms in total. The van der Waals surface area contributed by atoms with Crippen molar-refractivity contribution in [3.05, 3.63) is 62.9 Å². The van der Waals surface area contributed by atoms with E-state index < -0.39 is 0 Å². The van der Waals surface area contributed by atoms with Gasteiger partial charge in [0.05, 0.1) is 16.5 Å². The van der Waals surface area contributed by atoms with Crippen LogP contribution >= 0.6 is 35.0 Å². The molecule has 0 radical (unpaired) electrons. The molecule has 0 bridgehead atoms. The van der Waals surface area contributed by atoms with E-state index in [1.165, 1.54) is 31.0 Å². The number of carbonyl (C=O) groups excluding carboxylic acids is 1. The Balaban J connectivity index is 1.47. The number of anilines is 1. The number of carbonyl (C=O) groups is 1. The number of hydrogen-bond acceptors (Lipinski definition) is 5. The van der Waals surface area contributed by atoms with Crippen LogP contribution in [0.2, 0.25) is 10.0 Å². The lowest BCUT2D eigenvalue weighted by Gasteiger charge is -2.25. The summed E-state index contributed by atoms with van der Waals surface area (Å²) in [5.74, 6) is 1.59. The van der Waals surface area contributed by atoms with Crippen LogP contribution in [0.5, 0.6) is 5.75 Å². The number of rotatable bonds is 8. The molecule has 1 N–H and O–H groups in total. The number of benzene rings is 2. The average molecular weight is 534 g/mol.